The average molecular weight is 390 g/mol. The van der Waals surface area contributed by atoms with Gasteiger partial charge in [0.1, 0.15) is 11.4 Å². The van der Waals surface area contributed by atoms with Gasteiger partial charge in [-0.1, -0.05) is 6.92 Å². The fraction of sp³-hybridized carbons (Fsp3) is 0.500. The minimum absolute atomic E-state index is 0. The molecule has 0 aromatic rings. The first-order valence-electron chi connectivity index (χ1n) is 7.76. The number of allylic oxidation sites excluding steroid dienone is 1. The summed E-state index contributed by atoms with van der Waals surface area (Å²) in [4.78, 5) is 39.9. The molecule has 0 spiro atoms. The molecule has 0 radical (unpaired) electrons. The molecule has 10 heteroatoms. The third-order valence-corrected chi connectivity index (χ3v) is 5.28. The summed E-state index contributed by atoms with van der Waals surface area (Å²) in [5, 5.41) is 30.3. The number of carboxylic acids is 2. The maximum atomic E-state index is 12.0. The smallest absolute Gasteiger partial charge is 0.861 e. The van der Waals surface area contributed by atoms with Gasteiger partial charge in [-0.05, 0) is 31.7 Å². The van der Waals surface area contributed by atoms with Crippen molar-refractivity contribution in [1.29, 1.82) is 0 Å². The van der Waals surface area contributed by atoms with Crippen LogP contribution in [0, 0.1) is 5.92 Å². The normalized spacial score (nSPS) is 21.7. The van der Waals surface area contributed by atoms with Crippen molar-refractivity contribution in [2.45, 2.75) is 39.7 Å². The van der Waals surface area contributed by atoms with Gasteiger partial charge in [-0.2, -0.15) is 0 Å². The zero-order valence-corrected chi connectivity index (χ0v) is 17.9. The van der Waals surface area contributed by atoms with Crippen LogP contribution >= 0.6 is 11.8 Å². The number of rotatable bonds is 7. The molecule has 0 unspecified atom stereocenters. The monoisotopic (exact) mass is 390 g/mol. The maximum absolute atomic E-state index is 12.0. The summed E-state index contributed by atoms with van der Waals surface area (Å²) < 4.78 is 0. The molecule has 0 aromatic carbocycles. The molecule has 0 aliphatic carbocycles. The first kappa shape index (κ1) is 22.8. The topological polar surface area (TPSA) is 130 Å². The molecule has 1 fully saturated rings. The number of aliphatic carboxylic acids is 2. The van der Waals surface area contributed by atoms with Crippen LogP contribution in [0.2, 0.25) is 0 Å². The van der Waals surface area contributed by atoms with Crippen molar-refractivity contribution in [3.8, 4) is 0 Å². The minimum Gasteiger partial charge on any atom is -0.861 e. The Kier molecular flexibility index (Phi) is 7.94. The Morgan fingerprint density at radius 2 is 1.96 bits per heavy atom. The summed E-state index contributed by atoms with van der Waals surface area (Å²) in [7, 11) is 0. The largest absolute Gasteiger partial charge is 1.00 e. The van der Waals surface area contributed by atoms with Crippen LogP contribution in [0.3, 0.4) is 0 Å². The summed E-state index contributed by atoms with van der Waals surface area (Å²) in [6.45, 7) is 4.95. The van der Waals surface area contributed by atoms with E-state index in [1.165, 1.54) is 18.7 Å². The fourth-order valence-electron chi connectivity index (χ4n) is 3.01. The number of nitrogens with zero attached hydrogens (tertiary/aromatic N) is 2. The maximum Gasteiger partial charge on any atom is 1.00 e. The molecule has 136 valence electrons. The summed E-state index contributed by atoms with van der Waals surface area (Å²) in [6.07, 6.45) is 1.04. The van der Waals surface area contributed by atoms with Gasteiger partial charge in [-0.15, -0.1) is 11.8 Å². The van der Waals surface area contributed by atoms with E-state index in [0.29, 0.717) is 23.3 Å². The number of thioether (sulfide) groups is 1. The molecule has 1 saturated heterocycles. The first-order valence-corrected chi connectivity index (χ1v) is 8.75. The van der Waals surface area contributed by atoms with Crippen LogP contribution in [0.1, 0.15) is 33.6 Å². The molecule has 2 aliphatic heterocycles. The Balaban J connectivity index is 0.00000338. The summed E-state index contributed by atoms with van der Waals surface area (Å²) >= 11 is 1.00. The van der Waals surface area contributed by atoms with Crippen LogP contribution in [0.25, 0.3) is 0 Å². The molecule has 0 aromatic heterocycles. The number of β-lactam (4-membered cyclic amide) rings is 1. The predicted molar refractivity (Wildman–Crippen MR) is 89.6 cm³/mol. The molecule has 0 saturated carbocycles. The molecule has 2 atom stereocenters. The average Bonchev–Trinajstić information content (AvgIpc) is 2.85. The quantitative estimate of drug-likeness (QED) is 0.166. The molecule has 1 amide bonds. The van der Waals surface area contributed by atoms with Gasteiger partial charge in [0.25, 0.3) is 0 Å². The number of carbonyl (C=O) groups is 3. The van der Waals surface area contributed by atoms with Crippen LogP contribution in [-0.2, 0) is 14.4 Å². The second-order valence-corrected chi connectivity index (χ2v) is 7.09. The second kappa shape index (κ2) is 9.07. The number of carboxylic acid groups (broad SMARTS) is 2. The molecule has 26 heavy (non-hydrogen) atoms. The Morgan fingerprint density at radius 1 is 1.35 bits per heavy atom. The number of amides is 1. The molecule has 2 rings (SSSR count). The number of hydrogen-bond acceptors (Lipinski definition) is 6. The summed E-state index contributed by atoms with van der Waals surface area (Å²) in [5.74, 6) is -3.71. The van der Waals surface area contributed by atoms with Gasteiger partial charge < -0.3 is 20.2 Å². The van der Waals surface area contributed by atoms with Gasteiger partial charge in [0.2, 0.25) is 5.91 Å². The Hall–Kier alpha value is -1.29. The van der Waals surface area contributed by atoms with Gasteiger partial charge in [0, 0.05) is 17.1 Å². The minimum atomic E-state index is -1.29. The van der Waals surface area contributed by atoms with Crippen molar-refractivity contribution in [3.05, 3.63) is 21.9 Å². The third kappa shape index (κ3) is 4.33. The van der Waals surface area contributed by atoms with Gasteiger partial charge in [0.05, 0.1) is 12.0 Å². The standard InChI is InChI=1S/C16H20N2O6S.Na/c1-4-8-9-5-10(13(16(23)24)18(9)14(8)20)25-6-11(19)17-12(7(2)3)15(21)22;/h8-9H,4-6H2,1-3H3,(H,17,19)(H,21,22)(H,23,24);/q;+1/p-1/t8-,9-;/m1./s1. The van der Waals surface area contributed by atoms with E-state index < -0.39 is 17.8 Å². The van der Waals surface area contributed by atoms with Gasteiger partial charge in [-0.3, -0.25) is 9.79 Å². The third-order valence-electron chi connectivity index (χ3n) is 4.18. The van der Waals surface area contributed by atoms with Crippen LogP contribution < -0.4 is 34.7 Å². The molecular formula is C16H19N2NaO6S. The second-order valence-electron chi connectivity index (χ2n) is 6.02. The van der Waals surface area contributed by atoms with E-state index >= 15 is 0 Å². The summed E-state index contributed by atoms with van der Waals surface area (Å²) in [6, 6.07) is -0.162. The number of hydrogen-bond donors (Lipinski definition) is 2. The van der Waals surface area contributed by atoms with Crippen molar-refractivity contribution in [1.82, 2.24) is 4.90 Å². The van der Waals surface area contributed by atoms with Gasteiger partial charge in [-0.25, -0.2) is 9.59 Å². The Labute approximate surface area is 177 Å². The van der Waals surface area contributed by atoms with Crippen LogP contribution in [0.4, 0.5) is 0 Å². The van der Waals surface area contributed by atoms with E-state index in [1.807, 2.05) is 6.92 Å². The zero-order valence-electron chi connectivity index (χ0n) is 15.1. The predicted octanol–water partition coefficient (Wildman–Crippen LogP) is -2.20. The van der Waals surface area contributed by atoms with Crippen molar-refractivity contribution in [3.63, 3.8) is 0 Å². The van der Waals surface area contributed by atoms with E-state index in [2.05, 4.69) is 4.99 Å². The SMILES string of the molecule is CC[C@H]1C(=O)N2C(C(=O)O)=C(SCC([O-])=NC(C(=O)O)=C(C)C)C[C@H]12.[Na+]. The van der Waals surface area contributed by atoms with Gasteiger partial charge in [0.15, 0.2) is 0 Å². The molecule has 8 nitrogen and oxygen atoms in total. The fourth-order valence-corrected chi connectivity index (χ4v) is 3.98. The number of fused-ring (bicyclic) bond motifs is 1. The van der Waals surface area contributed by atoms with Crippen molar-refractivity contribution < 1.29 is 59.3 Å². The molecule has 2 heterocycles. The molecular weight excluding hydrogens is 371 g/mol. The van der Waals surface area contributed by atoms with E-state index in [1.54, 1.807) is 0 Å². The summed E-state index contributed by atoms with van der Waals surface area (Å²) in [5.41, 5.74) is 0.0189. The first-order chi connectivity index (χ1) is 11.7. The number of aliphatic imine (C=N–C) groups is 1. The van der Waals surface area contributed by atoms with Crippen LogP contribution in [0.15, 0.2) is 26.9 Å². The van der Waals surface area contributed by atoms with Crippen LogP contribution in [-0.4, -0.2) is 50.7 Å². The van der Waals surface area contributed by atoms with E-state index in [9.17, 15) is 24.6 Å². The van der Waals surface area contributed by atoms with Gasteiger partial charge >= 0.3 is 41.5 Å². The van der Waals surface area contributed by atoms with E-state index in [4.69, 9.17) is 5.11 Å². The molecule has 2 aliphatic rings. The zero-order chi connectivity index (χ0) is 18.9. The van der Waals surface area contributed by atoms with Crippen molar-refractivity contribution in [2.24, 2.45) is 10.9 Å². The van der Waals surface area contributed by atoms with Crippen molar-refractivity contribution >= 4 is 35.5 Å². The van der Waals surface area contributed by atoms with E-state index in [0.717, 1.165) is 11.8 Å². The Morgan fingerprint density at radius 3 is 2.42 bits per heavy atom. The van der Waals surface area contributed by atoms with Crippen LogP contribution in [0.5, 0.6) is 0 Å². The Bertz CT molecular complexity index is 726. The number of carbonyl (C=O) groups excluding carboxylic acids is 1. The molecule has 2 N–H and O–H groups in total. The van der Waals surface area contributed by atoms with E-state index in [-0.39, 0.29) is 64.6 Å². The van der Waals surface area contributed by atoms with Crippen molar-refractivity contribution in [2.75, 3.05) is 5.75 Å². The molecule has 0 bridgehead atoms.